The van der Waals surface area contributed by atoms with E-state index in [-0.39, 0.29) is 17.2 Å². The highest BCUT2D eigenvalue weighted by Crippen LogP contribution is 2.29. The number of fused-ring (bicyclic) bond motifs is 1. The summed E-state index contributed by atoms with van der Waals surface area (Å²) in [5.74, 6) is 0.789. The number of carbonyl (C=O) groups excluding carboxylic acids is 1. The second-order valence-corrected chi connectivity index (χ2v) is 9.65. The van der Waals surface area contributed by atoms with Crippen LogP contribution >= 0.6 is 0 Å². The van der Waals surface area contributed by atoms with Gasteiger partial charge in [-0.15, -0.1) is 0 Å². The fraction of sp³-hybridized carbons (Fsp3) is 0.480. The van der Waals surface area contributed by atoms with Crippen LogP contribution < -0.4 is 10.5 Å². The summed E-state index contributed by atoms with van der Waals surface area (Å²) >= 11 is 0. The summed E-state index contributed by atoms with van der Waals surface area (Å²) in [5, 5.41) is 9.68. The van der Waals surface area contributed by atoms with Gasteiger partial charge in [-0.2, -0.15) is 5.26 Å². The number of nitrogens with one attached hydrogen (secondary N) is 1. The monoisotopic (exact) mass is 449 g/mol. The number of aromatic nitrogens is 1. The van der Waals surface area contributed by atoms with E-state index in [1.165, 1.54) is 5.56 Å². The molecular weight excluding hydrogens is 418 g/mol. The van der Waals surface area contributed by atoms with E-state index in [4.69, 9.17) is 4.74 Å². The van der Waals surface area contributed by atoms with Gasteiger partial charge in [-0.05, 0) is 38.3 Å². The number of ether oxygens (including phenoxy) is 1. The Kier molecular flexibility index (Phi) is 6.43. The highest BCUT2D eigenvalue weighted by Gasteiger charge is 2.30. The van der Waals surface area contributed by atoms with E-state index in [1.54, 1.807) is 4.90 Å². The van der Waals surface area contributed by atoms with Crippen LogP contribution in [0.1, 0.15) is 43.0 Å². The fourth-order valence-corrected chi connectivity index (χ4v) is 4.50. The van der Waals surface area contributed by atoms with Crippen molar-refractivity contribution in [2.45, 2.75) is 45.9 Å². The molecule has 174 valence electrons. The van der Waals surface area contributed by atoms with Crippen molar-refractivity contribution in [2.24, 2.45) is 0 Å². The summed E-state index contributed by atoms with van der Waals surface area (Å²) < 4.78 is 5.49. The molecule has 0 saturated carbocycles. The number of carbonyl (C=O) groups is 1. The molecule has 0 bridgehead atoms. The lowest BCUT2D eigenvalue weighted by atomic mass is 9.95. The maximum atomic E-state index is 12.8. The molecule has 1 aromatic heterocycles. The first-order valence-electron chi connectivity index (χ1n) is 11.4. The third-order valence-corrected chi connectivity index (χ3v) is 6.08. The number of hydrogen-bond acceptors (Lipinski definition) is 6. The number of benzene rings is 1. The highest BCUT2D eigenvalue weighted by molar-refractivity contribution is 5.68. The maximum absolute atomic E-state index is 12.8. The summed E-state index contributed by atoms with van der Waals surface area (Å²) in [6.45, 7) is 10.0. The number of anilines is 1. The van der Waals surface area contributed by atoms with Crippen molar-refractivity contribution >= 4 is 11.9 Å². The Balaban J connectivity index is 1.53. The number of piperazine rings is 1. The van der Waals surface area contributed by atoms with Crippen molar-refractivity contribution in [3.05, 3.63) is 62.9 Å². The summed E-state index contributed by atoms with van der Waals surface area (Å²) in [4.78, 5) is 34.2. The average molecular weight is 450 g/mol. The lowest BCUT2D eigenvalue weighted by Crippen LogP contribution is -2.51. The summed E-state index contributed by atoms with van der Waals surface area (Å²) in [7, 11) is 0. The quantitative estimate of drug-likeness (QED) is 0.775. The third kappa shape index (κ3) is 5.20. The number of pyridine rings is 1. The molecule has 0 atom stereocenters. The van der Waals surface area contributed by atoms with E-state index in [1.807, 2.05) is 39.0 Å². The molecule has 8 heteroatoms. The molecule has 8 nitrogen and oxygen atoms in total. The van der Waals surface area contributed by atoms with Gasteiger partial charge in [-0.25, -0.2) is 4.79 Å². The Morgan fingerprint density at radius 1 is 1.09 bits per heavy atom. The highest BCUT2D eigenvalue weighted by atomic mass is 16.6. The zero-order chi connectivity index (χ0) is 23.6. The van der Waals surface area contributed by atoms with E-state index in [9.17, 15) is 14.9 Å². The lowest BCUT2D eigenvalue weighted by molar-refractivity contribution is 0.0240. The first-order valence-corrected chi connectivity index (χ1v) is 11.4. The Morgan fingerprint density at radius 2 is 1.79 bits per heavy atom. The first-order chi connectivity index (χ1) is 15.7. The summed E-state index contributed by atoms with van der Waals surface area (Å²) in [5.41, 5.74) is 2.41. The molecule has 1 amide bonds. The molecule has 0 radical (unpaired) electrons. The van der Waals surface area contributed by atoms with Crippen LogP contribution in [0.25, 0.3) is 0 Å². The molecule has 2 aromatic rings. The van der Waals surface area contributed by atoms with E-state index < -0.39 is 5.60 Å². The number of H-pyrrole nitrogens is 1. The van der Waals surface area contributed by atoms with Crippen LogP contribution in [-0.4, -0.2) is 59.2 Å². The van der Waals surface area contributed by atoms with E-state index >= 15 is 0 Å². The molecule has 33 heavy (non-hydrogen) atoms. The predicted molar refractivity (Wildman–Crippen MR) is 126 cm³/mol. The van der Waals surface area contributed by atoms with Crippen LogP contribution in [0.15, 0.2) is 35.1 Å². The number of rotatable bonds is 3. The molecule has 2 aliphatic rings. The number of nitrogens with zero attached hydrogens (tertiary/aromatic N) is 4. The van der Waals surface area contributed by atoms with Crippen LogP contribution in [0.3, 0.4) is 0 Å². The molecular formula is C25H31N5O3. The van der Waals surface area contributed by atoms with Gasteiger partial charge in [0.25, 0.3) is 5.56 Å². The van der Waals surface area contributed by atoms with Crippen molar-refractivity contribution in [3.63, 3.8) is 0 Å². The molecule has 3 heterocycles. The van der Waals surface area contributed by atoms with Crippen LogP contribution in [-0.2, 0) is 24.2 Å². The van der Waals surface area contributed by atoms with Gasteiger partial charge in [-0.1, -0.05) is 30.3 Å². The smallest absolute Gasteiger partial charge is 0.410 e. The Morgan fingerprint density at radius 3 is 2.42 bits per heavy atom. The van der Waals surface area contributed by atoms with Crippen molar-refractivity contribution in [3.8, 4) is 6.07 Å². The van der Waals surface area contributed by atoms with Gasteiger partial charge < -0.3 is 19.5 Å². The third-order valence-electron chi connectivity index (χ3n) is 6.08. The lowest BCUT2D eigenvalue weighted by Gasteiger charge is -2.38. The molecule has 0 spiro atoms. The minimum Gasteiger partial charge on any atom is -0.444 e. The molecule has 4 rings (SSSR count). The minimum atomic E-state index is -0.530. The van der Waals surface area contributed by atoms with Crippen LogP contribution in [0.2, 0.25) is 0 Å². The van der Waals surface area contributed by atoms with E-state index in [0.29, 0.717) is 32.7 Å². The summed E-state index contributed by atoms with van der Waals surface area (Å²) in [6, 6.07) is 12.3. The van der Waals surface area contributed by atoms with Crippen molar-refractivity contribution in [1.82, 2.24) is 14.8 Å². The summed E-state index contributed by atoms with van der Waals surface area (Å²) in [6.07, 6.45) is 0.448. The van der Waals surface area contributed by atoms with Crippen LogP contribution in [0.4, 0.5) is 10.6 Å². The number of amides is 1. The van der Waals surface area contributed by atoms with E-state index in [2.05, 4.69) is 33.0 Å². The average Bonchev–Trinajstić information content (AvgIpc) is 2.78. The van der Waals surface area contributed by atoms with Gasteiger partial charge >= 0.3 is 6.09 Å². The topological polar surface area (TPSA) is 92.7 Å². The van der Waals surface area contributed by atoms with Gasteiger partial charge in [0.05, 0.1) is 0 Å². The van der Waals surface area contributed by atoms with Gasteiger partial charge in [0.2, 0.25) is 0 Å². The SMILES string of the molecule is CC(C)(C)OC(=O)N1CCN(c2[nH]c(=O)c(C#N)c3c2CCN(Cc2ccccc2)C3)CC1. The second-order valence-electron chi connectivity index (χ2n) is 9.65. The molecule has 1 saturated heterocycles. The molecule has 0 unspecified atom stereocenters. The van der Waals surface area contributed by atoms with Crippen molar-refractivity contribution in [2.75, 3.05) is 37.6 Å². The standard InChI is InChI=1S/C25H31N5O3/c1-25(2,3)33-24(32)30-13-11-29(12-14-30)22-19-9-10-28(16-18-7-5-4-6-8-18)17-21(19)20(15-26)23(31)27-22/h4-8H,9-14,16-17H2,1-3H3,(H,27,31). The van der Waals surface area contributed by atoms with Crippen LogP contribution in [0, 0.1) is 11.3 Å². The Bertz CT molecular complexity index is 1110. The maximum Gasteiger partial charge on any atom is 0.410 e. The normalized spacial score (nSPS) is 16.8. The molecule has 2 aliphatic heterocycles. The van der Waals surface area contributed by atoms with Crippen molar-refractivity contribution in [1.29, 1.82) is 5.26 Å². The molecule has 1 N–H and O–H groups in total. The second kappa shape index (κ2) is 9.28. The molecule has 1 aromatic carbocycles. The van der Waals surface area contributed by atoms with Gasteiger partial charge in [-0.3, -0.25) is 9.69 Å². The fourth-order valence-electron chi connectivity index (χ4n) is 4.50. The Labute approximate surface area is 194 Å². The molecule has 1 fully saturated rings. The minimum absolute atomic E-state index is 0.207. The van der Waals surface area contributed by atoms with Crippen LogP contribution in [0.5, 0.6) is 0 Å². The largest absolute Gasteiger partial charge is 0.444 e. The van der Waals surface area contributed by atoms with Gasteiger partial charge in [0, 0.05) is 51.4 Å². The van der Waals surface area contributed by atoms with Crippen molar-refractivity contribution < 1.29 is 9.53 Å². The zero-order valence-electron chi connectivity index (χ0n) is 19.6. The first kappa shape index (κ1) is 22.9. The van der Waals surface area contributed by atoms with Gasteiger partial charge in [0.1, 0.15) is 23.1 Å². The Hall–Kier alpha value is -3.31. The predicted octanol–water partition coefficient (Wildman–Crippen LogP) is 2.86. The molecule has 0 aliphatic carbocycles. The zero-order valence-corrected chi connectivity index (χ0v) is 19.6. The van der Waals surface area contributed by atoms with Gasteiger partial charge in [0.15, 0.2) is 0 Å². The number of hydrogen-bond donors (Lipinski definition) is 1. The number of aromatic amines is 1. The number of nitriles is 1. The van der Waals surface area contributed by atoms with E-state index in [0.717, 1.165) is 36.5 Å².